The van der Waals surface area contributed by atoms with Gasteiger partial charge in [0.2, 0.25) is 0 Å². The SMILES string of the molecule is O=S(=O)(Cc1csc(COc2ccccc2)n1)Cc1ccc(Cl)cc1Cl. The zero-order valence-electron chi connectivity index (χ0n) is 13.6. The van der Waals surface area contributed by atoms with Crippen molar-refractivity contribution in [2.24, 2.45) is 0 Å². The summed E-state index contributed by atoms with van der Waals surface area (Å²) >= 11 is 13.3. The molecule has 0 spiro atoms. The molecule has 1 aromatic heterocycles. The number of halogens is 2. The lowest BCUT2D eigenvalue weighted by Crippen LogP contribution is -2.08. The molecule has 0 saturated carbocycles. The minimum Gasteiger partial charge on any atom is -0.486 e. The monoisotopic (exact) mass is 427 g/mol. The largest absolute Gasteiger partial charge is 0.486 e. The van der Waals surface area contributed by atoms with E-state index in [0.717, 1.165) is 10.8 Å². The van der Waals surface area contributed by atoms with Crippen LogP contribution in [0, 0.1) is 0 Å². The molecule has 2 aromatic carbocycles. The van der Waals surface area contributed by atoms with Gasteiger partial charge in [-0.3, -0.25) is 0 Å². The maximum absolute atomic E-state index is 12.4. The van der Waals surface area contributed by atoms with Gasteiger partial charge in [-0.05, 0) is 29.8 Å². The Morgan fingerprint density at radius 3 is 2.54 bits per heavy atom. The third-order valence-electron chi connectivity index (χ3n) is 3.46. The Kier molecular flexibility index (Phi) is 6.19. The van der Waals surface area contributed by atoms with Crippen molar-refractivity contribution in [2.45, 2.75) is 18.1 Å². The number of para-hydroxylation sites is 1. The van der Waals surface area contributed by atoms with Gasteiger partial charge in [-0.15, -0.1) is 11.3 Å². The van der Waals surface area contributed by atoms with Crippen LogP contribution in [0.15, 0.2) is 53.9 Å². The van der Waals surface area contributed by atoms with Gasteiger partial charge in [0.05, 0.1) is 17.2 Å². The van der Waals surface area contributed by atoms with Crippen LogP contribution in [0.2, 0.25) is 10.0 Å². The highest BCUT2D eigenvalue weighted by atomic mass is 35.5. The predicted molar refractivity (Wildman–Crippen MR) is 106 cm³/mol. The Balaban J connectivity index is 1.62. The lowest BCUT2D eigenvalue weighted by atomic mass is 10.2. The highest BCUT2D eigenvalue weighted by Gasteiger charge is 2.17. The van der Waals surface area contributed by atoms with E-state index in [2.05, 4.69) is 4.98 Å². The van der Waals surface area contributed by atoms with Crippen LogP contribution in [0.1, 0.15) is 16.3 Å². The molecule has 0 N–H and O–H groups in total. The van der Waals surface area contributed by atoms with Gasteiger partial charge in [-0.25, -0.2) is 13.4 Å². The van der Waals surface area contributed by atoms with Gasteiger partial charge >= 0.3 is 0 Å². The second kappa shape index (κ2) is 8.39. The third-order valence-corrected chi connectivity index (χ3v) is 6.41. The highest BCUT2D eigenvalue weighted by molar-refractivity contribution is 7.89. The Morgan fingerprint density at radius 1 is 1.04 bits per heavy atom. The Hall–Kier alpha value is -1.60. The van der Waals surface area contributed by atoms with Crippen LogP contribution in [-0.4, -0.2) is 13.4 Å². The van der Waals surface area contributed by atoms with Crippen LogP contribution >= 0.6 is 34.5 Å². The molecule has 0 atom stereocenters. The Bertz CT molecular complexity index is 989. The van der Waals surface area contributed by atoms with Crippen molar-refractivity contribution in [3.63, 3.8) is 0 Å². The van der Waals surface area contributed by atoms with Crippen LogP contribution in [0.25, 0.3) is 0 Å². The van der Waals surface area contributed by atoms with E-state index < -0.39 is 9.84 Å². The van der Waals surface area contributed by atoms with Crippen molar-refractivity contribution in [1.82, 2.24) is 4.98 Å². The highest BCUT2D eigenvalue weighted by Crippen LogP contribution is 2.24. The van der Waals surface area contributed by atoms with Gasteiger partial charge in [0.1, 0.15) is 17.4 Å². The van der Waals surface area contributed by atoms with Crippen LogP contribution < -0.4 is 4.74 Å². The maximum atomic E-state index is 12.4. The van der Waals surface area contributed by atoms with Gasteiger partial charge in [-0.1, -0.05) is 47.5 Å². The average molecular weight is 428 g/mol. The van der Waals surface area contributed by atoms with E-state index in [1.165, 1.54) is 17.4 Å². The van der Waals surface area contributed by atoms with E-state index >= 15 is 0 Å². The molecule has 0 radical (unpaired) electrons. The second-order valence-electron chi connectivity index (χ2n) is 5.60. The summed E-state index contributed by atoms with van der Waals surface area (Å²) in [7, 11) is -3.40. The fourth-order valence-electron chi connectivity index (χ4n) is 2.30. The lowest BCUT2D eigenvalue weighted by molar-refractivity contribution is 0.305. The van der Waals surface area contributed by atoms with E-state index in [9.17, 15) is 8.42 Å². The third kappa shape index (κ3) is 5.45. The maximum Gasteiger partial charge on any atom is 0.160 e. The van der Waals surface area contributed by atoms with E-state index in [1.54, 1.807) is 17.5 Å². The molecule has 8 heteroatoms. The molecule has 0 bridgehead atoms. The topological polar surface area (TPSA) is 56.3 Å². The summed E-state index contributed by atoms with van der Waals surface area (Å²) in [5.41, 5.74) is 1.03. The summed E-state index contributed by atoms with van der Waals surface area (Å²) in [4.78, 5) is 4.35. The summed E-state index contributed by atoms with van der Waals surface area (Å²) < 4.78 is 30.5. The standard InChI is InChI=1S/C18H15Cl2NO3S2/c19-14-7-6-13(17(20)8-14)11-26(22,23)12-15-10-25-18(21-15)9-24-16-4-2-1-3-5-16/h1-8,10H,9,11-12H2. The van der Waals surface area contributed by atoms with Crippen molar-refractivity contribution in [3.05, 3.63) is 80.2 Å². The number of ether oxygens (including phenoxy) is 1. The van der Waals surface area contributed by atoms with Crippen LogP contribution in [0.3, 0.4) is 0 Å². The summed E-state index contributed by atoms with van der Waals surface area (Å²) in [5, 5.41) is 3.28. The molecular weight excluding hydrogens is 413 g/mol. The first-order chi connectivity index (χ1) is 12.4. The second-order valence-corrected chi connectivity index (χ2v) is 9.45. The van der Waals surface area contributed by atoms with Crippen molar-refractivity contribution in [1.29, 1.82) is 0 Å². The quantitative estimate of drug-likeness (QED) is 0.523. The molecule has 26 heavy (non-hydrogen) atoms. The first-order valence-electron chi connectivity index (χ1n) is 7.67. The fourth-order valence-corrected chi connectivity index (χ4v) is 5.09. The Morgan fingerprint density at radius 2 is 1.81 bits per heavy atom. The smallest absolute Gasteiger partial charge is 0.160 e. The molecule has 3 aromatic rings. The first kappa shape index (κ1) is 19.2. The number of sulfone groups is 1. The molecule has 0 aliphatic rings. The number of rotatable bonds is 7. The minimum absolute atomic E-state index is 0.145. The number of nitrogens with zero attached hydrogens (tertiary/aromatic N) is 1. The zero-order chi connectivity index (χ0) is 18.6. The molecule has 136 valence electrons. The number of benzene rings is 2. The van der Waals surface area contributed by atoms with E-state index in [-0.39, 0.29) is 11.5 Å². The summed E-state index contributed by atoms with van der Waals surface area (Å²) in [6.07, 6.45) is 0. The molecular formula is C18H15Cl2NO3S2. The van der Waals surface area contributed by atoms with Crippen molar-refractivity contribution in [3.8, 4) is 5.75 Å². The summed E-state index contributed by atoms with van der Waals surface area (Å²) in [5.74, 6) is 0.443. The number of hydrogen-bond acceptors (Lipinski definition) is 5. The number of hydrogen-bond donors (Lipinski definition) is 0. The average Bonchev–Trinajstić information content (AvgIpc) is 3.03. The molecule has 0 saturated heterocycles. The fraction of sp³-hybridized carbons (Fsp3) is 0.167. The minimum atomic E-state index is -3.40. The lowest BCUT2D eigenvalue weighted by Gasteiger charge is -2.06. The van der Waals surface area contributed by atoms with Gasteiger partial charge < -0.3 is 4.74 Å². The van der Waals surface area contributed by atoms with Crippen molar-refractivity contribution in [2.75, 3.05) is 0 Å². The van der Waals surface area contributed by atoms with Gasteiger partial charge in [0.15, 0.2) is 9.84 Å². The molecule has 4 nitrogen and oxygen atoms in total. The molecule has 0 unspecified atom stereocenters. The normalized spacial score (nSPS) is 11.5. The Labute approximate surface area is 166 Å². The molecule has 1 heterocycles. The van der Waals surface area contributed by atoms with E-state index in [0.29, 0.717) is 27.9 Å². The molecule has 0 aliphatic carbocycles. The van der Waals surface area contributed by atoms with E-state index in [4.69, 9.17) is 27.9 Å². The van der Waals surface area contributed by atoms with Crippen molar-refractivity contribution >= 4 is 44.4 Å². The van der Waals surface area contributed by atoms with Crippen LogP contribution in [0.5, 0.6) is 5.75 Å². The van der Waals surface area contributed by atoms with Gasteiger partial charge in [0, 0.05) is 15.4 Å². The van der Waals surface area contributed by atoms with Crippen LogP contribution in [-0.2, 0) is 27.9 Å². The van der Waals surface area contributed by atoms with Crippen LogP contribution in [0.4, 0.5) is 0 Å². The molecule has 0 amide bonds. The molecule has 0 fully saturated rings. The summed E-state index contributed by atoms with van der Waals surface area (Å²) in [6.45, 7) is 0.303. The van der Waals surface area contributed by atoms with E-state index in [1.807, 2.05) is 30.3 Å². The first-order valence-corrected chi connectivity index (χ1v) is 11.1. The number of aromatic nitrogens is 1. The number of thiazole rings is 1. The molecule has 3 rings (SSSR count). The molecule has 0 aliphatic heterocycles. The van der Waals surface area contributed by atoms with Gasteiger partial charge in [0.25, 0.3) is 0 Å². The van der Waals surface area contributed by atoms with Gasteiger partial charge in [-0.2, -0.15) is 0 Å². The predicted octanol–water partition coefficient (Wildman–Crippen LogP) is 5.14. The van der Waals surface area contributed by atoms with Crippen molar-refractivity contribution < 1.29 is 13.2 Å². The summed E-state index contributed by atoms with van der Waals surface area (Å²) in [6, 6.07) is 14.2. The zero-order valence-corrected chi connectivity index (χ0v) is 16.7.